The lowest BCUT2D eigenvalue weighted by Gasteiger charge is -2.41. The quantitative estimate of drug-likeness (QED) is 0.597. The largest absolute Gasteiger partial charge is 0.480 e. The van der Waals surface area contributed by atoms with Crippen LogP contribution in [0.1, 0.15) is 24.0 Å². The Morgan fingerprint density at radius 1 is 1.14 bits per heavy atom. The summed E-state index contributed by atoms with van der Waals surface area (Å²) in [7, 11) is 1.52. The van der Waals surface area contributed by atoms with Gasteiger partial charge in [0, 0.05) is 33.0 Å². The maximum atomic E-state index is 13.7. The highest BCUT2D eigenvalue weighted by Crippen LogP contribution is 2.37. The number of nitrogens with one attached hydrogen (secondary N) is 1. The summed E-state index contributed by atoms with van der Waals surface area (Å²) >= 11 is 0. The number of halogens is 1. The molecule has 36 heavy (non-hydrogen) atoms. The van der Waals surface area contributed by atoms with Crippen molar-refractivity contribution in [3.8, 4) is 5.75 Å². The zero-order valence-corrected chi connectivity index (χ0v) is 20.2. The van der Waals surface area contributed by atoms with E-state index in [0.717, 1.165) is 16.9 Å². The van der Waals surface area contributed by atoms with Gasteiger partial charge < -0.3 is 19.7 Å². The number of nitrogens with zero attached hydrogens (tertiary/aromatic N) is 2. The maximum Gasteiger partial charge on any atom is 0.325 e. The van der Waals surface area contributed by atoms with Crippen molar-refractivity contribution in [3.63, 3.8) is 0 Å². The van der Waals surface area contributed by atoms with E-state index in [1.165, 1.54) is 24.1 Å². The molecule has 9 heteroatoms. The van der Waals surface area contributed by atoms with Gasteiger partial charge >= 0.3 is 6.03 Å². The van der Waals surface area contributed by atoms with Crippen LogP contribution in [-0.4, -0.2) is 72.6 Å². The van der Waals surface area contributed by atoms with Crippen LogP contribution in [0.2, 0.25) is 0 Å². The standard InChI is InChI=1S/C27H30FN3O5/c1-35-15-14-31-25(33)27(29-26(31)34,17-18-6-8-21(28)9-7-18)20-10-12-30(13-11-20)24(32)23-16-19-4-2-3-5-22(19)36-23/h2-9,20,23H,10-17H2,1H3,(H,29,34)/t23-,27-/m1/s1. The van der Waals surface area contributed by atoms with Crippen molar-refractivity contribution >= 4 is 17.8 Å². The fourth-order valence-electron chi connectivity index (χ4n) is 5.61. The van der Waals surface area contributed by atoms with Crippen LogP contribution in [0, 0.1) is 11.7 Å². The molecule has 2 aromatic rings. The van der Waals surface area contributed by atoms with Crippen molar-refractivity contribution in [2.45, 2.75) is 37.3 Å². The molecule has 0 unspecified atom stereocenters. The van der Waals surface area contributed by atoms with Gasteiger partial charge in [-0.15, -0.1) is 0 Å². The third-order valence-electron chi connectivity index (χ3n) is 7.54. The number of rotatable bonds is 7. The van der Waals surface area contributed by atoms with Crippen LogP contribution in [0.5, 0.6) is 5.75 Å². The second-order valence-electron chi connectivity index (χ2n) is 9.67. The first-order valence-corrected chi connectivity index (χ1v) is 12.3. The Balaban J connectivity index is 1.31. The monoisotopic (exact) mass is 495 g/mol. The molecule has 0 bridgehead atoms. The first-order chi connectivity index (χ1) is 17.4. The number of methoxy groups -OCH3 is 1. The topological polar surface area (TPSA) is 88.2 Å². The van der Waals surface area contributed by atoms with E-state index in [4.69, 9.17) is 9.47 Å². The van der Waals surface area contributed by atoms with E-state index in [1.54, 1.807) is 17.0 Å². The highest BCUT2D eigenvalue weighted by Gasteiger charge is 2.56. The van der Waals surface area contributed by atoms with Gasteiger partial charge in [0.05, 0.1) is 13.2 Å². The number of piperidine rings is 1. The second kappa shape index (κ2) is 9.89. The van der Waals surface area contributed by atoms with Crippen molar-refractivity contribution < 1.29 is 28.2 Å². The Labute approximate surface area is 209 Å². The lowest BCUT2D eigenvalue weighted by Crippen LogP contribution is -2.58. The second-order valence-corrected chi connectivity index (χ2v) is 9.67. The number of benzene rings is 2. The summed E-state index contributed by atoms with van der Waals surface area (Å²) in [6.07, 6.45) is 1.37. The summed E-state index contributed by atoms with van der Waals surface area (Å²) in [5.74, 6) is -0.148. The molecule has 0 aromatic heterocycles. The molecule has 4 amide bonds. The van der Waals surface area contributed by atoms with Crippen molar-refractivity contribution in [3.05, 3.63) is 65.5 Å². The Morgan fingerprint density at radius 3 is 2.56 bits per heavy atom. The number of carbonyl (C=O) groups is 3. The first-order valence-electron chi connectivity index (χ1n) is 12.3. The number of para-hydroxylation sites is 1. The van der Waals surface area contributed by atoms with Crippen LogP contribution < -0.4 is 10.1 Å². The minimum absolute atomic E-state index is 0.0549. The van der Waals surface area contributed by atoms with Crippen molar-refractivity contribution in [2.75, 3.05) is 33.4 Å². The fraction of sp³-hybridized carbons (Fsp3) is 0.444. The molecule has 5 rings (SSSR count). The third-order valence-corrected chi connectivity index (χ3v) is 7.54. The molecule has 1 N–H and O–H groups in total. The number of hydrogen-bond donors (Lipinski definition) is 1. The summed E-state index contributed by atoms with van der Waals surface area (Å²) in [5, 5.41) is 2.98. The number of fused-ring (bicyclic) bond motifs is 1. The number of amides is 4. The van der Waals surface area contributed by atoms with Gasteiger partial charge in [-0.1, -0.05) is 30.3 Å². The summed E-state index contributed by atoms with van der Waals surface area (Å²) in [4.78, 5) is 42.7. The molecule has 2 saturated heterocycles. The van der Waals surface area contributed by atoms with Crippen molar-refractivity contribution in [2.24, 2.45) is 5.92 Å². The molecule has 2 atom stereocenters. The normalized spacial score (nSPS) is 24.0. The molecular weight excluding hydrogens is 465 g/mol. The number of imide groups is 1. The average molecular weight is 496 g/mol. The Bertz CT molecular complexity index is 1120. The predicted octanol–water partition coefficient (Wildman–Crippen LogP) is 2.55. The number of carbonyl (C=O) groups excluding carboxylic acids is 3. The van der Waals surface area contributed by atoms with Gasteiger partial charge in [-0.3, -0.25) is 14.5 Å². The molecule has 0 radical (unpaired) electrons. The van der Waals surface area contributed by atoms with E-state index in [1.807, 2.05) is 24.3 Å². The van der Waals surface area contributed by atoms with Crippen molar-refractivity contribution in [1.82, 2.24) is 15.1 Å². The minimum atomic E-state index is -1.15. The van der Waals surface area contributed by atoms with Gasteiger partial charge in [0.2, 0.25) is 0 Å². The number of ether oxygens (including phenoxy) is 2. The molecular formula is C27H30FN3O5. The Hall–Kier alpha value is -3.46. The minimum Gasteiger partial charge on any atom is -0.480 e. The van der Waals surface area contributed by atoms with E-state index >= 15 is 0 Å². The predicted molar refractivity (Wildman–Crippen MR) is 129 cm³/mol. The van der Waals surface area contributed by atoms with E-state index < -0.39 is 17.7 Å². The van der Waals surface area contributed by atoms with Gasteiger partial charge in [0.25, 0.3) is 11.8 Å². The van der Waals surface area contributed by atoms with Crippen LogP contribution >= 0.6 is 0 Å². The van der Waals surface area contributed by atoms with Gasteiger partial charge in [-0.2, -0.15) is 0 Å². The Morgan fingerprint density at radius 2 is 1.86 bits per heavy atom. The first kappa shape index (κ1) is 24.2. The molecule has 0 saturated carbocycles. The lowest BCUT2D eigenvalue weighted by atomic mass is 9.74. The average Bonchev–Trinajstić information content (AvgIpc) is 3.43. The van der Waals surface area contributed by atoms with Crippen LogP contribution in [0.3, 0.4) is 0 Å². The molecule has 2 aromatic carbocycles. The lowest BCUT2D eigenvalue weighted by molar-refractivity contribution is -0.140. The van der Waals surface area contributed by atoms with E-state index in [0.29, 0.717) is 32.4 Å². The van der Waals surface area contributed by atoms with Gasteiger partial charge in [-0.05, 0) is 48.1 Å². The highest BCUT2D eigenvalue weighted by atomic mass is 19.1. The molecule has 3 heterocycles. The summed E-state index contributed by atoms with van der Waals surface area (Å²) in [6, 6.07) is 13.2. The van der Waals surface area contributed by atoms with E-state index in [-0.39, 0.29) is 43.1 Å². The molecule has 2 fully saturated rings. The molecule has 3 aliphatic rings. The van der Waals surface area contributed by atoms with Gasteiger partial charge in [0.1, 0.15) is 17.1 Å². The van der Waals surface area contributed by atoms with Gasteiger partial charge in [-0.25, -0.2) is 9.18 Å². The number of urea groups is 1. The van der Waals surface area contributed by atoms with Crippen molar-refractivity contribution in [1.29, 1.82) is 0 Å². The zero-order valence-electron chi connectivity index (χ0n) is 20.2. The summed E-state index contributed by atoms with van der Waals surface area (Å²) in [5.41, 5.74) is 0.631. The molecule has 0 spiro atoms. The number of likely N-dealkylation sites (tertiary alicyclic amines) is 1. The third kappa shape index (κ3) is 4.43. The molecule has 3 aliphatic heterocycles. The van der Waals surface area contributed by atoms with Gasteiger partial charge in [0.15, 0.2) is 6.10 Å². The summed E-state index contributed by atoms with van der Waals surface area (Å²) in [6.45, 7) is 1.32. The SMILES string of the molecule is COCCN1C(=O)N[C@](Cc2ccc(F)cc2)(C2CCN(C(=O)[C@H]3Cc4ccccc4O3)CC2)C1=O. The summed E-state index contributed by atoms with van der Waals surface area (Å²) < 4.78 is 24.5. The maximum absolute atomic E-state index is 13.7. The Kier molecular flexibility index (Phi) is 6.66. The fourth-order valence-corrected chi connectivity index (χ4v) is 5.61. The number of hydrogen-bond acceptors (Lipinski definition) is 5. The van der Waals surface area contributed by atoms with E-state index in [2.05, 4.69) is 5.32 Å². The smallest absolute Gasteiger partial charge is 0.325 e. The van der Waals surface area contributed by atoms with Crippen LogP contribution in [0.15, 0.2) is 48.5 Å². The van der Waals surface area contributed by atoms with Crippen LogP contribution in [-0.2, 0) is 27.2 Å². The molecule has 190 valence electrons. The zero-order chi connectivity index (χ0) is 25.3. The molecule has 8 nitrogen and oxygen atoms in total. The molecule has 0 aliphatic carbocycles. The van der Waals surface area contributed by atoms with Crippen LogP contribution in [0.25, 0.3) is 0 Å². The van der Waals surface area contributed by atoms with E-state index in [9.17, 15) is 18.8 Å². The van der Waals surface area contributed by atoms with Crippen LogP contribution in [0.4, 0.5) is 9.18 Å². The highest BCUT2D eigenvalue weighted by molar-refractivity contribution is 6.07.